The summed E-state index contributed by atoms with van der Waals surface area (Å²) in [5.74, 6) is 0. The SMILES string of the molecule is CC1CNC2(CCC(C)(C)C2)S1. The molecule has 0 bridgehead atoms. The van der Waals surface area contributed by atoms with Gasteiger partial charge in [0.1, 0.15) is 0 Å². The molecule has 0 radical (unpaired) electrons. The summed E-state index contributed by atoms with van der Waals surface area (Å²) in [6, 6.07) is 0. The zero-order valence-corrected chi connectivity index (χ0v) is 9.13. The Morgan fingerprint density at radius 1 is 1.33 bits per heavy atom. The Hall–Kier alpha value is 0.310. The van der Waals surface area contributed by atoms with Crippen LogP contribution in [0.25, 0.3) is 0 Å². The molecule has 0 aromatic heterocycles. The molecule has 1 saturated heterocycles. The Kier molecular flexibility index (Phi) is 1.96. The van der Waals surface area contributed by atoms with Crippen molar-refractivity contribution in [2.24, 2.45) is 5.41 Å². The highest BCUT2D eigenvalue weighted by Crippen LogP contribution is 2.52. The molecule has 2 fully saturated rings. The first-order valence-electron chi connectivity index (χ1n) is 4.94. The fourth-order valence-electron chi connectivity index (χ4n) is 2.54. The Morgan fingerprint density at radius 3 is 2.50 bits per heavy atom. The number of hydrogen-bond acceptors (Lipinski definition) is 2. The molecule has 2 atom stereocenters. The second kappa shape index (κ2) is 2.65. The molecular formula is C10H19NS. The summed E-state index contributed by atoms with van der Waals surface area (Å²) in [6.07, 6.45) is 4.11. The van der Waals surface area contributed by atoms with E-state index in [9.17, 15) is 0 Å². The smallest absolute Gasteiger partial charge is 0.0654 e. The molecule has 1 spiro atoms. The molecule has 2 aliphatic rings. The van der Waals surface area contributed by atoms with Crippen molar-refractivity contribution in [1.82, 2.24) is 5.32 Å². The van der Waals surface area contributed by atoms with Gasteiger partial charge in [-0.2, -0.15) is 0 Å². The van der Waals surface area contributed by atoms with Gasteiger partial charge in [-0.1, -0.05) is 20.8 Å². The lowest BCUT2D eigenvalue weighted by Gasteiger charge is -2.25. The first-order chi connectivity index (χ1) is 5.52. The molecule has 1 heterocycles. The highest BCUT2D eigenvalue weighted by atomic mass is 32.2. The summed E-state index contributed by atoms with van der Waals surface area (Å²) in [6.45, 7) is 8.33. The van der Waals surface area contributed by atoms with Gasteiger partial charge in [-0.3, -0.25) is 0 Å². The van der Waals surface area contributed by atoms with E-state index in [2.05, 4.69) is 37.8 Å². The van der Waals surface area contributed by atoms with Crippen molar-refractivity contribution in [3.63, 3.8) is 0 Å². The number of nitrogens with one attached hydrogen (secondary N) is 1. The highest BCUT2D eigenvalue weighted by molar-refractivity contribution is 8.01. The van der Waals surface area contributed by atoms with Crippen LogP contribution in [0.15, 0.2) is 0 Å². The van der Waals surface area contributed by atoms with Crippen LogP contribution in [0.5, 0.6) is 0 Å². The zero-order chi connectivity index (χ0) is 8.82. The number of thioether (sulfide) groups is 1. The van der Waals surface area contributed by atoms with Gasteiger partial charge in [0, 0.05) is 11.8 Å². The van der Waals surface area contributed by atoms with Gasteiger partial charge in [-0.05, 0) is 24.7 Å². The van der Waals surface area contributed by atoms with Crippen LogP contribution in [-0.4, -0.2) is 16.7 Å². The molecule has 12 heavy (non-hydrogen) atoms. The minimum atomic E-state index is 0.461. The predicted octanol–water partition coefficient (Wildman–Crippen LogP) is 2.62. The molecule has 70 valence electrons. The maximum Gasteiger partial charge on any atom is 0.0654 e. The van der Waals surface area contributed by atoms with Crippen LogP contribution in [0.1, 0.15) is 40.0 Å². The molecule has 2 rings (SSSR count). The van der Waals surface area contributed by atoms with Crippen molar-refractivity contribution in [1.29, 1.82) is 0 Å². The molecule has 1 aliphatic heterocycles. The van der Waals surface area contributed by atoms with Gasteiger partial charge in [-0.25, -0.2) is 0 Å². The summed E-state index contributed by atoms with van der Waals surface area (Å²) in [5, 5.41) is 4.52. The van der Waals surface area contributed by atoms with Gasteiger partial charge in [0.25, 0.3) is 0 Å². The Balaban J connectivity index is 2.06. The van der Waals surface area contributed by atoms with E-state index in [1.54, 1.807) is 0 Å². The fraction of sp³-hybridized carbons (Fsp3) is 1.00. The van der Waals surface area contributed by atoms with E-state index in [1.807, 2.05) is 0 Å². The van der Waals surface area contributed by atoms with Crippen molar-refractivity contribution in [2.75, 3.05) is 6.54 Å². The molecule has 2 unspecified atom stereocenters. The lowest BCUT2D eigenvalue weighted by atomic mass is 9.92. The molecule has 1 aliphatic carbocycles. The minimum Gasteiger partial charge on any atom is -0.302 e. The molecule has 2 heteroatoms. The lowest BCUT2D eigenvalue weighted by Crippen LogP contribution is -2.34. The predicted molar refractivity (Wildman–Crippen MR) is 55.4 cm³/mol. The number of hydrogen-bond donors (Lipinski definition) is 1. The highest BCUT2D eigenvalue weighted by Gasteiger charge is 2.47. The van der Waals surface area contributed by atoms with Gasteiger partial charge >= 0.3 is 0 Å². The molecule has 0 aromatic carbocycles. The molecule has 0 amide bonds. The quantitative estimate of drug-likeness (QED) is 0.622. The standard InChI is InChI=1S/C10H19NS/c1-8-6-11-10(12-8)5-4-9(2,3)7-10/h8,11H,4-7H2,1-3H3. The van der Waals surface area contributed by atoms with Crippen molar-refractivity contribution in [3.05, 3.63) is 0 Å². The van der Waals surface area contributed by atoms with Crippen LogP contribution in [0.4, 0.5) is 0 Å². The Morgan fingerprint density at radius 2 is 2.08 bits per heavy atom. The van der Waals surface area contributed by atoms with Crippen LogP contribution < -0.4 is 5.32 Å². The third-order valence-electron chi connectivity index (χ3n) is 3.11. The van der Waals surface area contributed by atoms with Gasteiger partial charge < -0.3 is 5.32 Å². The molecular weight excluding hydrogens is 166 g/mol. The van der Waals surface area contributed by atoms with E-state index >= 15 is 0 Å². The third-order valence-corrected chi connectivity index (χ3v) is 4.62. The van der Waals surface area contributed by atoms with Crippen LogP contribution in [0.3, 0.4) is 0 Å². The molecule has 1 N–H and O–H groups in total. The van der Waals surface area contributed by atoms with E-state index in [4.69, 9.17) is 0 Å². The average Bonchev–Trinajstić information content (AvgIpc) is 2.41. The second-order valence-corrected chi connectivity index (χ2v) is 6.97. The Bertz CT molecular complexity index is 190. The topological polar surface area (TPSA) is 12.0 Å². The van der Waals surface area contributed by atoms with Crippen molar-refractivity contribution >= 4 is 11.8 Å². The lowest BCUT2D eigenvalue weighted by molar-refractivity contribution is 0.359. The second-order valence-electron chi connectivity index (χ2n) is 5.14. The van der Waals surface area contributed by atoms with Crippen LogP contribution >= 0.6 is 11.8 Å². The summed E-state index contributed by atoms with van der Waals surface area (Å²) >= 11 is 2.17. The van der Waals surface area contributed by atoms with E-state index < -0.39 is 0 Å². The van der Waals surface area contributed by atoms with Crippen molar-refractivity contribution in [2.45, 2.75) is 50.2 Å². The van der Waals surface area contributed by atoms with Crippen LogP contribution in [0, 0.1) is 5.41 Å². The largest absolute Gasteiger partial charge is 0.302 e. The molecule has 0 aromatic rings. The maximum atomic E-state index is 3.70. The normalized spacial score (nSPS) is 45.8. The average molecular weight is 185 g/mol. The van der Waals surface area contributed by atoms with E-state index in [-0.39, 0.29) is 0 Å². The summed E-state index contributed by atoms with van der Waals surface area (Å²) in [4.78, 5) is 0.461. The Labute approximate surface area is 79.7 Å². The van der Waals surface area contributed by atoms with Crippen LogP contribution in [0.2, 0.25) is 0 Å². The van der Waals surface area contributed by atoms with Gasteiger partial charge in [0.2, 0.25) is 0 Å². The summed E-state index contributed by atoms with van der Waals surface area (Å²) < 4.78 is 0. The molecule has 1 saturated carbocycles. The van der Waals surface area contributed by atoms with E-state index in [0.29, 0.717) is 10.3 Å². The first kappa shape index (κ1) is 8.89. The van der Waals surface area contributed by atoms with Gasteiger partial charge in [0.15, 0.2) is 0 Å². The fourth-order valence-corrected chi connectivity index (χ4v) is 4.34. The third kappa shape index (κ3) is 1.51. The van der Waals surface area contributed by atoms with Gasteiger partial charge in [0.05, 0.1) is 4.87 Å². The number of rotatable bonds is 0. The van der Waals surface area contributed by atoms with Crippen molar-refractivity contribution < 1.29 is 0 Å². The maximum absolute atomic E-state index is 3.70. The molecule has 1 nitrogen and oxygen atoms in total. The van der Waals surface area contributed by atoms with E-state index in [1.165, 1.54) is 25.8 Å². The summed E-state index contributed by atoms with van der Waals surface area (Å²) in [5.41, 5.74) is 0.573. The van der Waals surface area contributed by atoms with Crippen molar-refractivity contribution in [3.8, 4) is 0 Å². The zero-order valence-electron chi connectivity index (χ0n) is 8.31. The monoisotopic (exact) mass is 185 g/mol. The summed E-state index contributed by atoms with van der Waals surface area (Å²) in [7, 11) is 0. The van der Waals surface area contributed by atoms with Crippen LogP contribution in [-0.2, 0) is 0 Å². The van der Waals surface area contributed by atoms with Gasteiger partial charge in [-0.15, -0.1) is 11.8 Å². The van der Waals surface area contributed by atoms with E-state index in [0.717, 1.165) is 5.25 Å². The minimum absolute atomic E-state index is 0.461. The first-order valence-corrected chi connectivity index (χ1v) is 5.82.